The first-order chi connectivity index (χ1) is 15.1. The van der Waals surface area contributed by atoms with Gasteiger partial charge in [0.05, 0.1) is 30.3 Å². The summed E-state index contributed by atoms with van der Waals surface area (Å²) >= 11 is 0. The summed E-state index contributed by atoms with van der Waals surface area (Å²) in [6, 6.07) is 15.7. The zero-order valence-electron chi connectivity index (χ0n) is 18.5. The van der Waals surface area contributed by atoms with Gasteiger partial charge in [-0.25, -0.2) is 4.68 Å². The highest BCUT2D eigenvalue weighted by atomic mass is 16.5. The highest BCUT2D eigenvalue weighted by Gasteiger charge is 2.08. The van der Waals surface area contributed by atoms with Crippen LogP contribution in [0.25, 0.3) is 5.69 Å². The monoisotopic (exact) mass is 421 g/mol. The number of hydrogen-bond acceptors (Lipinski definition) is 4. The molecule has 0 atom stereocenters. The lowest BCUT2D eigenvalue weighted by molar-refractivity contribution is 0.332. The van der Waals surface area contributed by atoms with E-state index in [4.69, 9.17) is 15.2 Å². The molecule has 3 rings (SSSR count). The number of para-hydroxylation sites is 1. The van der Waals surface area contributed by atoms with Crippen molar-refractivity contribution in [1.29, 1.82) is 0 Å². The smallest absolute Gasteiger partial charge is 0.193 e. The van der Waals surface area contributed by atoms with E-state index in [2.05, 4.69) is 21.6 Å². The molecule has 0 amide bonds. The summed E-state index contributed by atoms with van der Waals surface area (Å²) in [5.74, 6) is 1.83. The molecule has 164 valence electrons. The summed E-state index contributed by atoms with van der Waals surface area (Å²) < 4.78 is 13.2. The quantitative estimate of drug-likeness (QED) is 0.289. The van der Waals surface area contributed by atoms with E-state index < -0.39 is 0 Å². The third-order valence-electron chi connectivity index (χ3n) is 4.73. The molecule has 1 aromatic heterocycles. The lowest BCUT2D eigenvalue weighted by Gasteiger charge is -2.14. The second-order valence-electron chi connectivity index (χ2n) is 7.04. The molecule has 0 bridgehead atoms. The van der Waals surface area contributed by atoms with E-state index >= 15 is 0 Å². The van der Waals surface area contributed by atoms with Gasteiger partial charge in [0.15, 0.2) is 5.96 Å². The molecule has 0 aliphatic rings. The summed E-state index contributed by atoms with van der Waals surface area (Å²) in [6.45, 7) is 7.70. The number of nitrogens with two attached hydrogens (primary N) is 1. The van der Waals surface area contributed by atoms with Crippen molar-refractivity contribution in [2.24, 2.45) is 10.7 Å². The third kappa shape index (κ3) is 6.25. The fourth-order valence-corrected chi connectivity index (χ4v) is 3.25. The molecule has 0 unspecified atom stereocenters. The van der Waals surface area contributed by atoms with Crippen molar-refractivity contribution < 1.29 is 9.47 Å². The predicted molar refractivity (Wildman–Crippen MR) is 126 cm³/mol. The van der Waals surface area contributed by atoms with Gasteiger partial charge in [-0.3, -0.25) is 4.99 Å². The molecule has 7 heteroatoms. The van der Waals surface area contributed by atoms with Crippen LogP contribution in [0.4, 0.5) is 5.69 Å². The van der Waals surface area contributed by atoms with Crippen molar-refractivity contribution in [2.45, 2.75) is 33.6 Å². The van der Waals surface area contributed by atoms with E-state index in [9.17, 15) is 0 Å². The number of benzene rings is 2. The first-order valence-corrected chi connectivity index (χ1v) is 10.7. The van der Waals surface area contributed by atoms with Crippen LogP contribution in [0.15, 0.2) is 59.7 Å². The average molecular weight is 422 g/mol. The maximum atomic E-state index is 6.11. The summed E-state index contributed by atoms with van der Waals surface area (Å²) in [7, 11) is 0. The van der Waals surface area contributed by atoms with Crippen molar-refractivity contribution in [3.8, 4) is 17.2 Å². The van der Waals surface area contributed by atoms with Gasteiger partial charge in [-0.05, 0) is 63.4 Å². The van der Waals surface area contributed by atoms with Crippen LogP contribution in [0.1, 0.15) is 31.5 Å². The molecule has 0 aliphatic heterocycles. The standard InChI is InChI=1S/C24H31N5O2/c1-4-30-21-13-14-23(31-5-2)22(16-21)27-24(25)26-15-9-10-19-17-29(28-18(19)3)20-11-7-6-8-12-20/h6-8,11-14,16-17H,4-5,9-10,15H2,1-3H3,(H3,25,26,27). The number of hydrogen-bond donors (Lipinski definition) is 2. The van der Waals surface area contributed by atoms with Crippen LogP contribution < -0.4 is 20.5 Å². The summed E-state index contributed by atoms with van der Waals surface area (Å²) in [4.78, 5) is 4.47. The van der Waals surface area contributed by atoms with Crippen LogP contribution in [0, 0.1) is 6.92 Å². The molecule has 31 heavy (non-hydrogen) atoms. The number of aryl methyl sites for hydroxylation is 2. The van der Waals surface area contributed by atoms with Crippen LogP contribution in [-0.4, -0.2) is 35.5 Å². The zero-order chi connectivity index (χ0) is 22.1. The maximum absolute atomic E-state index is 6.11. The van der Waals surface area contributed by atoms with E-state index in [1.165, 1.54) is 5.56 Å². The predicted octanol–water partition coefficient (Wildman–Crippen LogP) is 4.34. The average Bonchev–Trinajstić information content (AvgIpc) is 3.14. The van der Waals surface area contributed by atoms with Crippen LogP contribution in [0.3, 0.4) is 0 Å². The molecule has 0 radical (unpaired) electrons. The van der Waals surface area contributed by atoms with Crippen molar-refractivity contribution in [3.05, 3.63) is 66.0 Å². The van der Waals surface area contributed by atoms with Crippen LogP contribution in [0.2, 0.25) is 0 Å². The minimum absolute atomic E-state index is 0.353. The second kappa shape index (κ2) is 11.1. The number of nitrogens with zero attached hydrogens (tertiary/aromatic N) is 3. The maximum Gasteiger partial charge on any atom is 0.193 e. The third-order valence-corrected chi connectivity index (χ3v) is 4.73. The van der Waals surface area contributed by atoms with Crippen molar-refractivity contribution in [2.75, 3.05) is 25.1 Å². The van der Waals surface area contributed by atoms with Crippen LogP contribution >= 0.6 is 0 Å². The molecule has 0 saturated carbocycles. The minimum Gasteiger partial charge on any atom is -0.494 e. The van der Waals surface area contributed by atoms with E-state index in [0.29, 0.717) is 31.5 Å². The largest absolute Gasteiger partial charge is 0.494 e. The lowest BCUT2D eigenvalue weighted by atomic mass is 10.1. The van der Waals surface area contributed by atoms with Gasteiger partial charge < -0.3 is 20.5 Å². The molecule has 2 aromatic carbocycles. The molecule has 3 N–H and O–H groups in total. The Labute approximate surface area is 183 Å². The Morgan fingerprint density at radius 2 is 1.87 bits per heavy atom. The molecule has 7 nitrogen and oxygen atoms in total. The van der Waals surface area contributed by atoms with Gasteiger partial charge in [0.1, 0.15) is 11.5 Å². The lowest BCUT2D eigenvalue weighted by Crippen LogP contribution is -2.23. The molecule has 0 aliphatic carbocycles. The molecular formula is C24H31N5O2. The van der Waals surface area contributed by atoms with E-state index in [0.717, 1.165) is 35.7 Å². The van der Waals surface area contributed by atoms with Crippen LogP contribution in [-0.2, 0) is 6.42 Å². The fraction of sp³-hybridized carbons (Fsp3) is 0.333. The Hall–Kier alpha value is -3.48. The number of ether oxygens (including phenoxy) is 2. The molecule has 0 fully saturated rings. The minimum atomic E-state index is 0.353. The second-order valence-corrected chi connectivity index (χ2v) is 7.04. The zero-order valence-corrected chi connectivity index (χ0v) is 18.5. The van der Waals surface area contributed by atoms with E-state index in [1.54, 1.807) is 0 Å². The number of anilines is 1. The van der Waals surface area contributed by atoms with Gasteiger partial charge in [0.25, 0.3) is 0 Å². The van der Waals surface area contributed by atoms with Crippen molar-refractivity contribution in [3.63, 3.8) is 0 Å². The van der Waals surface area contributed by atoms with Gasteiger partial charge in [0, 0.05) is 18.8 Å². The Morgan fingerprint density at radius 1 is 1.10 bits per heavy atom. The SMILES string of the molecule is CCOc1ccc(OCC)c(NC(N)=NCCCc2cn(-c3ccccc3)nc2C)c1. The Morgan fingerprint density at radius 3 is 2.61 bits per heavy atom. The van der Waals surface area contributed by atoms with Crippen molar-refractivity contribution in [1.82, 2.24) is 9.78 Å². The number of aromatic nitrogens is 2. The molecule has 0 saturated heterocycles. The number of rotatable bonds is 10. The Kier molecular flexibility index (Phi) is 7.92. The Bertz CT molecular complexity index is 998. The van der Waals surface area contributed by atoms with Gasteiger partial charge in [-0.15, -0.1) is 0 Å². The van der Waals surface area contributed by atoms with Gasteiger partial charge >= 0.3 is 0 Å². The van der Waals surface area contributed by atoms with Crippen molar-refractivity contribution >= 4 is 11.6 Å². The van der Waals surface area contributed by atoms with Gasteiger partial charge in [-0.1, -0.05) is 18.2 Å². The molecule has 3 aromatic rings. The number of guanidine groups is 1. The first-order valence-electron chi connectivity index (χ1n) is 10.7. The molecule has 1 heterocycles. The van der Waals surface area contributed by atoms with E-state index in [-0.39, 0.29) is 0 Å². The highest BCUT2D eigenvalue weighted by Crippen LogP contribution is 2.29. The molecule has 0 spiro atoms. The van der Waals surface area contributed by atoms with Gasteiger partial charge in [0.2, 0.25) is 0 Å². The van der Waals surface area contributed by atoms with E-state index in [1.807, 2.05) is 74.0 Å². The van der Waals surface area contributed by atoms with Crippen LogP contribution in [0.5, 0.6) is 11.5 Å². The summed E-state index contributed by atoms with van der Waals surface area (Å²) in [5, 5.41) is 7.76. The summed E-state index contributed by atoms with van der Waals surface area (Å²) in [6.07, 6.45) is 3.85. The molecular weight excluding hydrogens is 390 g/mol. The normalized spacial score (nSPS) is 11.4. The summed E-state index contributed by atoms with van der Waals surface area (Å²) in [5.41, 5.74) is 10.2. The number of nitrogens with one attached hydrogen (secondary N) is 1. The highest BCUT2D eigenvalue weighted by molar-refractivity contribution is 5.94. The Balaban J connectivity index is 1.57. The fourth-order valence-electron chi connectivity index (χ4n) is 3.25. The number of aliphatic imine (C=N–C) groups is 1. The topological polar surface area (TPSA) is 86.7 Å². The van der Waals surface area contributed by atoms with Gasteiger partial charge in [-0.2, -0.15) is 5.10 Å². The first kappa shape index (κ1) is 22.2.